The highest BCUT2D eigenvalue weighted by atomic mass is 16.4. The Morgan fingerprint density at radius 2 is 1.70 bits per heavy atom. The monoisotopic (exact) mass is 449 g/mol. The first-order chi connectivity index (χ1) is 16.0. The van der Waals surface area contributed by atoms with Crippen molar-refractivity contribution in [3.8, 4) is 22.5 Å². The summed E-state index contributed by atoms with van der Waals surface area (Å²) in [6.45, 7) is 8.38. The van der Waals surface area contributed by atoms with E-state index in [0.717, 1.165) is 49.0 Å². The molecule has 0 saturated heterocycles. The van der Waals surface area contributed by atoms with E-state index >= 15 is 0 Å². The number of carboxylic acid groups (broad SMARTS) is 1. The third-order valence-corrected chi connectivity index (χ3v) is 6.60. The van der Waals surface area contributed by atoms with Crippen molar-refractivity contribution >= 4 is 5.97 Å². The smallest absolute Gasteiger partial charge is 0.310 e. The van der Waals surface area contributed by atoms with Gasteiger partial charge in [0.05, 0.1) is 5.41 Å². The van der Waals surface area contributed by atoms with Crippen LogP contribution >= 0.6 is 0 Å². The number of H-pyrrole nitrogens is 1. The number of aromatic amines is 1. The molecule has 1 heterocycles. The van der Waals surface area contributed by atoms with Gasteiger partial charge in [-0.1, -0.05) is 82.1 Å². The van der Waals surface area contributed by atoms with Crippen LogP contribution in [-0.4, -0.2) is 49.7 Å². The number of tetrazole rings is 1. The predicted octanol–water partition coefficient (Wildman–Crippen LogP) is 5.42. The van der Waals surface area contributed by atoms with Crippen molar-refractivity contribution in [1.29, 1.82) is 0 Å². The van der Waals surface area contributed by atoms with Crippen molar-refractivity contribution in [2.24, 2.45) is 5.41 Å². The molecule has 0 bridgehead atoms. The largest absolute Gasteiger partial charge is 0.481 e. The van der Waals surface area contributed by atoms with Crippen LogP contribution in [0.5, 0.6) is 0 Å². The van der Waals surface area contributed by atoms with Crippen LogP contribution in [0.4, 0.5) is 0 Å². The fourth-order valence-electron chi connectivity index (χ4n) is 4.32. The lowest BCUT2D eigenvalue weighted by Gasteiger charge is -2.34. The third-order valence-electron chi connectivity index (χ3n) is 6.60. The number of hydrogen-bond donors (Lipinski definition) is 2. The minimum Gasteiger partial charge on any atom is -0.481 e. The number of hydrogen-bond acceptors (Lipinski definition) is 5. The molecule has 0 spiro atoms. The SMILES string of the molecule is CCCCCN(Cc1ccc(-c2ccccc2-c2nn[nH]n2)cc1)CC(CC)(CC)C(=O)O. The summed E-state index contributed by atoms with van der Waals surface area (Å²) >= 11 is 0. The predicted molar refractivity (Wildman–Crippen MR) is 131 cm³/mol. The average Bonchev–Trinajstić information content (AvgIpc) is 3.38. The first-order valence-electron chi connectivity index (χ1n) is 11.9. The Labute approximate surface area is 196 Å². The Hall–Kier alpha value is -3.06. The Balaban J connectivity index is 1.80. The maximum Gasteiger partial charge on any atom is 0.310 e. The van der Waals surface area contributed by atoms with Crippen LogP contribution in [0.2, 0.25) is 0 Å². The van der Waals surface area contributed by atoms with Crippen molar-refractivity contribution in [3.05, 3.63) is 54.1 Å². The summed E-state index contributed by atoms with van der Waals surface area (Å²) in [6.07, 6.45) is 4.65. The Kier molecular flexibility index (Phi) is 8.72. The molecule has 0 saturated carbocycles. The number of nitrogens with one attached hydrogen (secondary N) is 1. The quantitative estimate of drug-likeness (QED) is 0.339. The van der Waals surface area contributed by atoms with Crippen LogP contribution in [0.25, 0.3) is 22.5 Å². The van der Waals surface area contributed by atoms with Gasteiger partial charge in [0, 0.05) is 18.7 Å². The normalized spacial score (nSPS) is 11.8. The lowest BCUT2D eigenvalue weighted by atomic mass is 9.81. The van der Waals surface area contributed by atoms with Gasteiger partial charge in [-0.15, -0.1) is 10.2 Å². The number of aliphatic carboxylic acids is 1. The second-order valence-electron chi connectivity index (χ2n) is 8.69. The van der Waals surface area contributed by atoms with Crippen LogP contribution in [-0.2, 0) is 11.3 Å². The van der Waals surface area contributed by atoms with Crippen molar-refractivity contribution in [2.75, 3.05) is 13.1 Å². The lowest BCUT2D eigenvalue weighted by molar-refractivity contribution is -0.151. The molecule has 0 atom stereocenters. The van der Waals surface area contributed by atoms with Crippen molar-refractivity contribution < 1.29 is 9.90 Å². The summed E-state index contributed by atoms with van der Waals surface area (Å²) in [7, 11) is 0. The highest BCUT2D eigenvalue weighted by Crippen LogP contribution is 2.31. The van der Waals surface area contributed by atoms with E-state index in [2.05, 4.69) is 62.8 Å². The van der Waals surface area contributed by atoms with Gasteiger partial charge in [-0.3, -0.25) is 9.69 Å². The Morgan fingerprint density at radius 1 is 1.00 bits per heavy atom. The summed E-state index contributed by atoms with van der Waals surface area (Å²) < 4.78 is 0. The standard InChI is InChI=1S/C26H35N5O2/c1-4-7-10-17-31(19-26(5-2,6-3)25(32)33)18-20-13-15-21(16-14-20)22-11-8-9-12-23(22)24-27-29-30-28-24/h8-9,11-16H,4-7,10,17-19H2,1-3H3,(H,32,33)(H,27,28,29,30). The molecular weight excluding hydrogens is 414 g/mol. The molecule has 0 radical (unpaired) electrons. The summed E-state index contributed by atoms with van der Waals surface area (Å²) in [5.74, 6) is -0.123. The third kappa shape index (κ3) is 6.05. The van der Waals surface area contributed by atoms with Crippen LogP contribution in [0.3, 0.4) is 0 Å². The van der Waals surface area contributed by atoms with E-state index in [9.17, 15) is 9.90 Å². The average molecular weight is 450 g/mol. The van der Waals surface area contributed by atoms with Crippen LogP contribution in [0.15, 0.2) is 48.5 Å². The van der Waals surface area contributed by atoms with Crippen molar-refractivity contribution in [1.82, 2.24) is 25.5 Å². The van der Waals surface area contributed by atoms with E-state index in [1.807, 2.05) is 32.0 Å². The highest BCUT2D eigenvalue weighted by Gasteiger charge is 2.36. The summed E-state index contributed by atoms with van der Waals surface area (Å²) in [5, 5.41) is 24.4. The molecule has 0 unspecified atom stereocenters. The van der Waals surface area contributed by atoms with Gasteiger partial charge in [-0.2, -0.15) is 5.21 Å². The first-order valence-corrected chi connectivity index (χ1v) is 11.9. The minimum absolute atomic E-state index is 0.570. The second-order valence-corrected chi connectivity index (χ2v) is 8.69. The molecule has 33 heavy (non-hydrogen) atoms. The van der Waals surface area contributed by atoms with Gasteiger partial charge in [-0.05, 0) is 47.7 Å². The summed E-state index contributed by atoms with van der Waals surface area (Å²) in [5.41, 5.74) is 3.54. The molecule has 0 amide bonds. The molecule has 176 valence electrons. The van der Waals surface area contributed by atoms with E-state index in [1.165, 1.54) is 5.56 Å². The van der Waals surface area contributed by atoms with Gasteiger partial charge < -0.3 is 5.11 Å². The van der Waals surface area contributed by atoms with E-state index in [-0.39, 0.29) is 0 Å². The topological polar surface area (TPSA) is 95.0 Å². The molecule has 0 aliphatic heterocycles. The highest BCUT2D eigenvalue weighted by molar-refractivity contribution is 5.80. The zero-order chi connectivity index (χ0) is 23.7. The number of benzene rings is 2. The molecule has 0 aliphatic carbocycles. The minimum atomic E-state index is -0.699. The Morgan fingerprint density at radius 3 is 2.27 bits per heavy atom. The lowest BCUT2D eigenvalue weighted by Crippen LogP contribution is -2.42. The number of unbranched alkanes of at least 4 members (excludes halogenated alkanes) is 2. The number of rotatable bonds is 13. The van der Waals surface area contributed by atoms with E-state index in [1.54, 1.807) is 0 Å². The number of carbonyl (C=O) groups is 1. The fourth-order valence-corrected chi connectivity index (χ4v) is 4.32. The van der Waals surface area contributed by atoms with Gasteiger partial charge in [0.25, 0.3) is 0 Å². The maximum atomic E-state index is 12.1. The Bertz CT molecular complexity index is 998. The first kappa shape index (κ1) is 24.6. The van der Waals surface area contributed by atoms with Crippen LogP contribution in [0, 0.1) is 5.41 Å². The van der Waals surface area contributed by atoms with E-state index in [0.29, 0.717) is 25.2 Å². The molecule has 0 aliphatic rings. The van der Waals surface area contributed by atoms with Gasteiger partial charge >= 0.3 is 5.97 Å². The molecule has 7 heteroatoms. The number of nitrogens with zero attached hydrogens (tertiary/aromatic N) is 4. The van der Waals surface area contributed by atoms with Gasteiger partial charge in [-0.25, -0.2) is 0 Å². The molecular formula is C26H35N5O2. The van der Waals surface area contributed by atoms with Crippen LogP contribution < -0.4 is 0 Å². The maximum absolute atomic E-state index is 12.1. The fraction of sp³-hybridized carbons (Fsp3) is 0.462. The van der Waals surface area contributed by atoms with Gasteiger partial charge in [0.1, 0.15) is 0 Å². The number of aromatic nitrogens is 4. The van der Waals surface area contributed by atoms with Crippen molar-refractivity contribution in [3.63, 3.8) is 0 Å². The second kappa shape index (κ2) is 11.7. The zero-order valence-electron chi connectivity index (χ0n) is 19.9. The van der Waals surface area contributed by atoms with Gasteiger partial charge in [0.2, 0.25) is 5.82 Å². The molecule has 3 rings (SSSR count). The van der Waals surface area contributed by atoms with Crippen molar-refractivity contribution in [2.45, 2.75) is 59.4 Å². The zero-order valence-corrected chi connectivity index (χ0v) is 19.9. The summed E-state index contributed by atoms with van der Waals surface area (Å²) in [6, 6.07) is 16.5. The van der Waals surface area contributed by atoms with Gasteiger partial charge in [0.15, 0.2) is 0 Å². The molecule has 2 aromatic carbocycles. The van der Waals surface area contributed by atoms with E-state index in [4.69, 9.17) is 0 Å². The molecule has 3 aromatic rings. The van der Waals surface area contributed by atoms with Crippen LogP contribution in [0.1, 0.15) is 58.4 Å². The molecule has 0 fully saturated rings. The molecule has 2 N–H and O–H groups in total. The van der Waals surface area contributed by atoms with E-state index < -0.39 is 11.4 Å². The molecule has 1 aromatic heterocycles. The number of carboxylic acids is 1. The summed E-state index contributed by atoms with van der Waals surface area (Å²) in [4.78, 5) is 14.4. The molecule has 7 nitrogen and oxygen atoms in total.